The monoisotopic (exact) mass is 254 g/mol. The van der Waals surface area contributed by atoms with Crippen molar-refractivity contribution in [2.45, 2.75) is 0 Å². The van der Waals surface area contributed by atoms with E-state index in [4.69, 9.17) is 10.00 Å². The van der Waals surface area contributed by atoms with Crippen molar-refractivity contribution in [1.29, 1.82) is 5.26 Å². The first-order valence-corrected chi connectivity index (χ1v) is 6.58. The Kier molecular flexibility index (Phi) is 4.49. The molecule has 0 amide bonds. The first-order chi connectivity index (χ1) is 8.03. The van der Waals surface area contributed by atoms with Crippen LogP contribution >= 0.6 is 0 Å². The van der Waals surface area contributed by atoms with Gasteiger partial charge in [-0.3, -0.25) is 4.31 Å². The maximum absolute atomic E-state index is 11.9. The van der Waals surface area contributed by atoms with Gasteiger partial charge in [-0.15, -0.1) is 0 Å². The zero-order chi connectivity index (χ0) is 12.9. The van der Waals surface area contributed by atoms with E-state index in [2.05, 4.69) is 0 Å². The summed E-state index contributed by atoms with van der Waals surface area (Å²) in [5.74, 6) is -0.111. The van der Waals surface area contributed by atoms with Crippen LogP contribution in [-0.4, -0.2) is 34.9 Å². The van der Waals surface area contributed by atoms with Crippen LogP contribution in [0.5, 0.6) is 0 Å². The van der Waals surface area contributed by atoms with Gasteiger partial charge in [0, 0.05) is 14.2 Å². The Morgan fingerprint density at radius 1 is 1.41 bits per heavy atom. The van der Waals surface area contributed by atoms with Crippen LogP contribution in [-0.2, 0) is 14.8 Å². The van der Waals surface area contributed by atoms with Crippen molar-refractivity contribution >= 4 is 15.7 Å². The first-order valence-electron chi connectivity index (χ1n) is 4.97. The lowest BCUT2D eigenvalue weighted by atomic mass is 10.2. The molecule has 17 heavy (non-hydrogen) atoms. The van der Waals surface area contributed by atoms with Gasteiger partial charge in [0.25, 0.3) is 0 Å². The fourth-order valence-electron chi connectivity index (χ4n) is 1.32. The van der Waals surface area contributed by atoms with Gasteiger partial charge in [-0.25, -0.2) is 8.42 Å². The molecule has 5 nitrogen and oxygen atoms in total. The molecule has 0 saturated carbocycles. The van der Waals surface area contributed by atoms with E-state index in [1.54, 1.807) is 24.3 Å². The van der Waals surface area contributed by atoms with Gasteiger partial charge < -0.3 is 4.74 Å². The molecule has 0 aliphatic carbocycles. The van der Waals surface area contributed by atoms with Crippen LogP contribution in [0.3, 0.4) is 0 Å². The molecule has 92 valence electrons. The molecule has 0 bridgehead atoms. The molecular weight excluding hydrogens is 240 g/mol. The molecule has 0 aromatic heterocycles. The van der Waals surface area contributed by atoms with Crippen LogP contribution in [0.1, 0.15) is 5.56 Å². The predicted molar refractivity (Wildman–Crippen MR) is 65.2 cm³/mol. The number of para-hydroxylation sites is 1. The summed E-state index contributed by atoms with van der Waals surface area (Å²) >= 11 is 0. The number of sulfonamides is 1. The lowest BCUT2D eigenvalue weighted by molar-refractivity contribution is 0.217. The summed E-state index contributed by atoms with van der Waals surface area (Å²) in [6.07, 6.45) is 0. The molecule has 0 aliphatic rings. The van der Waals surface area contributed by atoms with Crippen LogP contribution in [0.4, 0.5) is 5.69 Å². The molecule has 1 aromatic carbocycles. The lowest BCUT2D eigenvalue weighted by Gasteiger charge is -2.20. The maximum atomic E-state index is 11.9. The molecule has 0 atom stereocenters. The third kappa shape index (κ3) is 3.19. The number of anilines is 1. The Morgan fingerprint density at radius 2 is 2.06 bits per heavy atom. The van der Waals surface area contributed by atoms with Gasteiger partial charge in [0.15, 0.2) is 0 Å². The van der Waals surface area contributed by atoms with E-state index in [1.165, 1.54) is 14.2 Å². The molecule has 0 radical (unpaired) electrons. The van der Waals surface area contributed by atoms with E-state index < -0.39 is 10.0 Å². The number of ether oxygens (including phenoxy) is 1. The van der Waals surface area contributed by atoms with Crippen molar-refractivity contribution in [2.24, 2.45) is 0 Å². The molecule has 1 aromatic rings. The smallest absolute Gasteiger partial charge is 0.237 e. The highest BCUT2D eigenvalue weighted by Gasteiger charge is 2.20. The second-order valence-electron chi connectivity index (χ2n) is 3.41. The van der Waals surface area contributed by atoms with E-state index in [9.17, 15) is 8.42 Å². The summed E-state index contributed by atoms with van der Waals surface area (Å²) in [6, 6.07) is 8.53. The van der Waals surface area contributed by atoms with Gasteiger partial charge in [-0.2, -0.15) is 5.26 Å². The van der Waals surface area contributed by atoms with Crippen LogP contribution < -0.4 is 4.31 Å². The second-order valence-corrected chi connectivity index (χ2v) is 5.53. The van der Waals surface area contributed by atoms with E-state index in [-0.39, 0.29) is 12.4 Å². The van der Waals surface area contributed by atoms with Crippen LogP contribution in [0, 0.1) is 11.3 Å². The second kappa shape index (κ2) is 5.66. The number of benzene rings is 1. The van der Waals surface area contributed by atoms with E-state index in [0.717, 1.165) is 4.31 Å². The summed E-state index contributed by atoms with van der Waals surface area (Å²) in [5, 5.41) is 8.91. The topological polar surface area (TPSA) is 70.4 Å². The highest BCUT2D eigenvalue weighted by atomic mass is 32.2. The molecule has 0 fully saturated rings. The molecular formula is C11H14N2O3S. The minimum Gasteiger partial charge on any atom is -0.384 e. The largest absolute Gasteiger partial charge is 0.384 e. The van der Waals surface area contributed by atoms with Crippen molar-refractivity contribution in [3.8, 4) is 6.07 Å². The molecule has 0 N–H and O–H groups in total. The van der Waals surface area contributed by atoms with Crippen molar-refractivity contribution in [3.05, 3.63) is 29.8 Å². The molecule has 0 aliphatic heterocycles. The Morgan fingerprint density at radius 3 is 2.65 bits per heavy atom. The summed E-state index contributed by atoms with van der Waals surface area (Å²) in [7, 11) is -0.576. The van der Waals surface area contributed by atoms with Crippen molar-refractivity contribution in [3.63, 3.8) is 0 Å². The number of nitrogens with zero attached hydrogens (tertiary/aromatic N) is 2. The minimum absolute atomic E-state index is 0.111. The highest BCUT2D eigenvalue weighted by Crippen LogP contribution is 2.20. The molecule has 0 saturated heterocycles. The first kappa shape index (κ1) is 13.5. The molecule has 0 heterocycles. The molecule has 6 heteroatoms. The fourth-order valence-corrected chi connectivity index (χ4v) is 2.43. The van der Waals surface area contributed by atoms with Gasteiger partial charge in [0.1, 0.15) is 6.07 Å². The summed E-state index contributed by atoms with van der Waals surface area (Å²) in [4.78, 5) is 0. The number of hydrogen-bond acceptors (Lipinski definition) is 4. The van der Waals surface area contributed by atoms with Crippen LogP contribution in [0.15, 0.2) is 24.3 Å². The van der Waals surface area contributed by atoms with Gasteiger partial charge in [-0.05, 0) is 12.1 Å². The van der Waals surface area contributed by atoms with E-state index >= 15 is 0 Å². The van der Waals surface area contributed by atoms with Gasteiger partial charge in [-0.1, -0.05) is 12.1 Å². The molecule has 0 unspecified atom stereocenters. The van der Waals surface area contributed by atoms with Crippen LogP contribution in [0.25, 0.3) is 0 Å². The standard InChI is InChI=1S/C11H14N2O3S/c1-13(17(14,15)8-7-16-2)11-6-4-3-5-10(11)9-12/h3-6H,7-8H2,1-2H3. The molecule has 1 rings (SSSR count). The number of hydrogen-bond donors (Lipinski definition) is 0. The quantitative estimate of drug-likeness (QED) is 0.785. The average molecular weight is 254 g/mol. The van der Waals surface area contributed by atoms with E-state index in [1.807, 2.05) is 6.07 Å². The van der Waals surface area contributed by atoms with Crippen LogP contribution in [0.2, 0.25) is 0 Å². The number of rotatable bonds is 5. The summed E-state index contributed by atoms with van der Waals surface area (Å²) in [5.41, 5.74) is 0.710. The Balaban J connectivity index is 3.04. The van der Waals surface area contributed by atoms with Gasteiger partial charge in [0.2, 0.25) is 10.0 Å². The Labute approximate surface area is 101 Å². The third-order valence-electron chi connectivity index (χ3n) is 2.33. The third-order valence-corrected chi connectivity index (χ3v) is 4.04. The number of methoxy groups -OCH3 is 1. The normalized spacial score (nSPS) is 10.9. The highest BCUT2D eigenvalue weighted by molar-refractivity contribution is 7.92. The van der Waals surface area contributed by atoms with Crippen molar-refractivity contribution < 1.29 is 13.2 Å². The summed E-state index contributed by atoms with van der Waals surface area (Å²) < 4.78 is 29.7. The SMILES string of the molecule is COCCS(=O)(=O)N(C)c1ccccc1C#N. The minimum atomic E-state index is -3.45. The zero-order valence-electron chi connectivity index (χ0n) is 9.75. The number of nitriles is 1. The average Bonchev–Trinajstić information content (AvgIpc) is 2.35. The zero-order valence-corrected chi connectivity index (χ0v) is 10.6. The Hall–Kier alpha value is -1.58. The predicted octanol–water partition coefficient (Wildman–Crippen LogP) is 0.971. The fraction of sp³-hybridized carbons (Fsp3) is 0.364. The van der Waals surface area contributed by atoms with Gasteiger partial charge in [0.05, 0.1) is 23.6 Å². The van der Waals surface area contributed by atoms with Crippen molar-refractivity contribution in [1.82, 2.24) is 0 Å². The lowest BCUT2D eigenvalue weighted by Crippen LogP contribution is -2.31. The molecule has 0 spiro atoms. The summed E-state index contributed by atoms with van der Waals surface area (Å²) in [6.45, 7) is 0.126. The van der Waals surface area contributed by atoms with Crippen molar-refractivity contribution in [2.75, 3.05) is 30.8 Å². The van der Waals surface area contributed by atoms with Gasteiger partial charge >= 0.3 is 0 Å². The Bertz CT molecular complexity index is 520. The van der Waals surface area contributed by atoms with E-state index in [0.29, 0.717) is 11.3 Å². The maximum Gasteiger partial charge on any atom is 0.237 e.